The smallest absolute Gasteiger partial charge is 0.364 e. The molecule has 14 heteroatoms. The monoisotopic (exact) mass is 462 g/mol. The molecule has 0 aliphatic heterocycles. The number of hydrogen-bond acceptors (Lipinski definition) is 9. The highest BCUT2D eigenvalue weighted by Crippen LogP contribution is 2.25. The number of anilines is 1. The number of sulfonamides is 1. The van der Waals surface area contributed by atoms with Crippen LogP contribution < -0.4 is 15.8 Å². The summed E-state index contributed by atoms with van der Waals surface area (Å²) in [5.74, 6) is -1.24. The minimum Gasteiger partial charge on any atom is -0.364 e. The van der Waals surface area contributed by atoms with E-state index >= 15 is 0 Å². The van der Waals surface area contributed by atoms with Gasteiger partial charge in [0.25, 0.3) is 0 Å². The summed E-state index contributed by atoms with van der Waals surface area (Å²) in [5, 5.41) is 13.8. The van der Waals surface area contributed by atoms with Crippen molar-refractivity contribution in [3.8, 4) is 17.2 Å². The first-order valence-electron chi connectivity index (χ1n) is 7.32. The van der Waals surface area contributed by atoms with Gasteiger partial charge in [0.2, 0.25) is 21.7 Å². The second kappa shape index (κ2) is 7.58. The molecule has 27 heavy (non-hydrogen) atoms. The molecule has 0 amide bonds. The van der Waals surface area contributed by atoms with Crippen LogP contribution in [0.25, 0.3) is 17.2 Å². The highest BCUT2D eigenvalue weighted by atomic mass is 79.9. The van der Waals surface area contributed by atoms with Gasteiger partial charge in [-0.15, -0.1) is 0 Å². The number of hydrogen-bond donors (Lipinski definition) is 2. The molecule has 0 aliphatic carbocycles. The molecule has 0 unspecified atom stereocenters. The Hall–Kier alpha value is -2.58. The van der Waals surface area contributed by atoms with Crippen molar-refractivity contribution in [2.24, 2.45) is 0 Å². The molecule has 144 valence electrons. The van der Waals surface area contributed by atoms with Crippen molar-refractivity contribution >= 4 is 31.8 Å². The van der Waals surface area contributed by atoms with E-state index in [0.717, 1.165) is 10.8 Å². The Balaban J connectivity index is 1.89. The molecule has 2 N–H and O–H groups in total. The molecule has 0 bridgehead atoms. The highest BCUT2D eigenvalue weighted by Gasteiger charge is 2.23. The molecule has 0 spiro atoms. The van der Waals surface area contributed by atoms with Crippen LogP contribution in [-0.4, -0.2) is 47.8 Å². The van der Waals surface area contributed by atoms with Crippen molar-refractivity contribution in [3.05, 3.63) is 39.0 Å². The predicted molar refractivity (Wildman–Crippen MR) is 94.4 cm³/mol. The topological polar surface area (TPSA) is 145 Å². The Morgan fingerprint density at radius 3 is 2.74 bits per heavy atom. The third-order valence-electron chi connectivity index (χ3n) is 3.25. The maximum absolute atomic E-state index is 13.5. The van der Waals surface area contributed by atoms with Gasteiger partial charge in [-0.1, -0.05) is 5.16 Å². The molecule has 0 saturated carbocycles. The number of rotatable bonds is 7. The lowest BCUT2D eigenvalue weighted by molar-refractivity contribution is 0.309. The number of halogens is 2. The summed E-state index contributed by atoms with van der Waals surface area (Å²) in [6.07, 6.45) is 1.03. The lowest BCUT2D eigenvalue weighted by Crippen LogP contribution is -2.27. The predicted octanol–water partition coefficient (Wildman–Crippen LogP) is 0.738. The standard InChI is InChI=1S/C13H12BrFN6O5S/c1-27(23,24)17-5-4-16-11-10(18-26-19-11)12-20-25-13(22)21(12)7-2-3-9(15)8(14)6-7/h2-3,6,17H,4-5H2,1H3,(H,16,19). The lowest BCUT2D eigenvalue weighted by atomic mass is 10.3. The summed E-state index contributed by atoms with van der Waals surface area (Å²) in [6, 6.07) is 3.90. The normalized spacial score (nSPS) is 11.7. The van der Waals surface area contributed by atoms with Crippen LogP contribution in [0.1, 0.15) is 0 Å². The van der Waals surface area contributed by atoms with Crippen LogP contribution in [0.15, 0.2) is 36.6 Å². The Morgan fingerprint density at radius 2 is 2.04 bits per heavy atom. The number of aromatic nitrogens is 4. The van der Waals surface area contributed by atoms with Crippen LogP contribution in [0, 0.1) is 5.82 Å². The van der Waals surface area contributed by atoms with Crippen LogP contribution >= 0.6 is 15.9 Å². The van der Waals surface area contributed by atoms with Crippen molar-refractivity contribution < 1.29 is 22.0 Å². The minimum absolute atomic E-state index is 0.0293. The molecule has 0 saturated heterocycles. The van der Waals surface area contributed by atoms with Gasteiger partial charge in [0.15, 0.2) is 5.69 Å². The Labute approximate surface area is 159 Å². The molecule has 0 atom stereocenters. The van der Waals surface area contributed by atoms with Crippen molar-refractivity contribution in [2.45, 2.75) is 0 Å². The fourth-order valence-electron chi connectivity index (χ4n) is 2.12. The Kier molecular flexibility index (Phi) is 5.38. The van der Waals surface area contributed by atoms with Crippen LogP contribution in [0.2, 0.25) is 0 Å². The average Bonchev–Trinajstić information content (AvgIpc) is 3.19. The molecular formula is C13H12BrFN6O5S. The third-order valence-corrected chi connectivity index (χ3v) is 4.58. The number of nitrogens with one attached hydrogen (secondary N) is 2. The molecule has 2 aromatic heterocycles. The summed E-state index contributed by atoms with van der Waals surface area (Å²) in [7, 11) is -3.33. The van der Waals surface area contributed by atoms with Crippen LogP contribution in [0.3, 0.4) is 0 Å². The maximum atomic E-state index is 13.5. The van der Waals surface area contributed by atoms with Gasteiger partial charge in [0.1, 0.15) is 5.82 Å². The van der Waals surface area contributed by atoms with Crippen LogP contribution in [0.5, 0.6) is 0 Å². The van der Waals surface area contributed by atoms with E-state index in [9.17, 15) is 17.6 Å². The van der Waals surface area contributed by atoms with E-state index in [4.69, 9.17) is 0 Å². The molecule has 11 nitrogen and oxygen atoms in total. The van der Waals surface area contributed by atoms with E-state index < -0.39 is 21.6 Å². The van der Waals surface area contributed by atoms with Crippen molar-refractivity contribution in [1.82, 2.24) is 24.8 Å². The van der Waals surface area contributed by atoms with Gasteiger partial charge in [-0.05, 0) is 44.4 Å². The largest absolute Gasteiger partial charge is 0.446 e. The van der Waals surface area contributed by atoms with Crippen molar-refractivity contribution in [2.75, 3.05) is 24.7 Å². The van der Waals surface area contributed by atoms with Gasteiger partial charge in [0.05, 0.1) is 16.4 Å². The molecular weight excluding hydrogens is 451 g/mol. The highest BCUT2D eigenvalue weighted by molar-refractivity contribution is 9.10. The van der Waals surface area contributed by atoms with Gasteiger partial charge < -0.3 is 5.32 Å². The molecule has 2 heterocycles. The molecule has 0 aliphatic rings. The first-order chi connectivity index (χ1) is 12.8. The zero-order chi connectivity index (χ0) is 19.6. The van der Waals surface area contributed by atoms with E-state index in [0.29, 0.717) is 0 Å². The molecule has 0 radical (unpaired) electrons. The fraction of sp³-hybridized carbons (Fsp3) is 0.231. The quantitative estimate of drug-likeness (QED) is 0.485. The summed E-state index contributed by atoms with van der Waals surface area (Å²) >= 11 is 3.05. The SMILES string of the molecule is CS(=O)(=O)NCCNc1nonc1-c1noc(=O)n1-c1ccc(F)c(Br)c1. The third kappa shape index (κ3) is 4.40. The molecule has 0 fully saturated rings. The van der Waals surface area contributed by atoms with E-state index in [-0.39, 0.29) is 40.6 Å². The first-order valence-corrected chi connectivity index (χ1v) is 10.0. The zero-order valence-electron chi connectivity index (χ0n) is 13.6. The van der Waals surface area contributed by atoms with Crippen LogP contribution in [0.4, 0.5) is 10.2 Å². The van der Waals surface area contributed by atoms with Gasteiger partial charge in [-0.25, -0.2) is 31.5 Å². The van der Waals surface area contributed by atoms with Gasteiger partial charge in [0, 0.05) is 13.1 Å². The number of nitrogens with zero attached hydrogens (tertiary/aromatic N) is 4. The second-order valence-electron chi connectivity index (χ2n) is 5.26. The summed E-state index contributed by atoms with van der Waals surface area (Å²) < 4.78 is 48.4. The van der Waals surface area contributed by atoms with Crippen molar-refractivity contribution in [1.29, 1.82) is 0 Å². The van der Waals surface area contributed by atoms with Gasteiger partial charge in [-0.2, -0.15) is 0 Å². The second-order valence-corrected chi connectivity index (χ2v) is 7.95. The van der Waals surface area contributed by atoms with Gasteiger partial charge >= 0.3 is 5.76 Å². The molecule has 3 aromatic rings. The molecule has 1 aromatic carbocycles. The number of benzene rings is 1. The summed E-state index contributed by atoms with van der Waals surface area (Å²) in [5.41, 5.74) is 0.331. The average molecular weight is 463 g/mol. The maximum Gasteiger partial charge on any atom is 0.446 e. The van der Waals surface area contributed by atoms with Crippen molar-refractivity contribution in [3.63, 3.8) is 0 Å². The van der Waals surface area contributed by atoms with Gasteiger partial charge in [-0.3, -0.25) is 4.52 Å². The summed E-state index contributed by atoms with van der Waals surface area (Å²) in [6.45, 7) is 0.250. The van der Waals surface area contributed by atoms with E-state index in [1.54, 1.807) is 0 Å². The van der Waals surface area contributed by atoms with E-state index in [2.05, 4.69) is 50.6 Å². The Bertz CT molecular complexity index is 1120. The minimum atomic E-state index is -3.33. The lowest BCUT2D eigenvalue weighted by Gasteiger charge is -2.06. The van der Waals surface area contributed by atoms with E-state index in [1.165, 1.54) is 18.2 Å². The zero-order valence-corrected chi connectivity index (χ0v) is 16.0. The first kappa shape index (κ1) is 19.2. The molecule has 3 rings (SSSR count). The van der Waals surface area contributed by atoms with E-state index in [1.807, 2.05) is 0 Å². The van der Waals surface area contributed by atoms with Crippen LogP contribution in [-0.2, 0) is 10.0 Å². The summed E-state index contributed by atoms with van der Waals surface area (Å²) in [4.78, 5) is 12.1. The Morgan fingerprint density at radius 1 is 1.26 bits per heavy atom. The fourth-order valence-corrected chi connectivity index (χ4v) is 2.96.